The number of piperidine rings is 1. The van der Waals surface area contributed by atoms with Gasteiger partial charge in [0, 0.05) is 37.9 Å². The van der Waals surface area contributed by atoms with E-state index in [9.17, 15) is 10.1 Å². The van der Waals surface area contributed by atoms with E-state index in [-0.39, 0.29) is 5.91 Å². The van der Waals surface area contributed by atoms with E-state index in [1.54, 1.807) is 18.2 Å². The third kappa shape index (κ3) is 4.55. The summed E-state index contributed by atoms with van der Waals surface area (Å²) in [6.45, 7) is 3.44. The Morgan fingerprint density at radius 2 is 2.04 bits per heavy atom. The third-order valence-electron chi connectivity index (χ3n) is 5.18. The topological polar surface area (TPSA) is 65.2 Å². The van der Waals surface area contributed by atoms with Crippen molar-refractivity contribution < 1.29 is 4.79 Å². The Morgan fingerprint density at radius 1 is 1.30 bits per heavy atom. The summed E-state index contributed by atoms with van der Waals surface area (Å²) in [4.78, 5) is 21.5. The van der Waals surface area contributed by atoms with E-state index in [0.29, 0.717) is 30.1 Å². The number of hydrogen-bond donors (Lipinski definition) is 0. The maximum atomic E-state index is 12.8. The molecule has 3 rings (SSSR count). The number of aryl methyl sites for hydroxylation is 1. The Labute approximate surface area is 161 Å². The van der Waals surface area contributed by atoms with Crippen LogP contribution in [0.3, 0.4) is 0 Å². The van der Waals surface area contributed by atoms with Crippen LogP contribution in [-0.2, 0) is 6.54 Å². The number of imidazole rings is 1. The van der Waals surface area contributed by atoms with Crippen LogP contribution in [0, 0.1) is 11.3 Å². The minimum atomic E-state index is -0.0417. The van der Waals surface area contributed by atoms with Gasteiger partial charge in [0.25, 0.3) is 5.91 Å². The summed E-state index contributed by atoms with van der Waals surface area (Å²) in [5.74, 6) is 1.48. The highest BCUT2D eigenvalue weighted by molar-refractivity contribution is 5.96. The zero-order chi connectivity index (χ0) is 19.2. The van der Waals surface area contributed by atoms with E-state index < -0.39 is 0 Å². The molecule has 2 aromatic rings. The van der Waals surface area contributed by atoms with Crippen LogP contribution in [0.2, 0.25) is 0 Å². The first-order chi connectivity index (χ1) is 13.1. The Morgan fingerprint density at radius 3 is 2.74 bits per heavy atom. The summed E-state index contributed by atoms with van der Waals surface area (Å²) in [5.41, 5.74) is 0.949. The van der Waals surface area contributed by atoms with E-state index in [1.807, 2.05) is 17.2 Å². The van der Waals surface area contributed by atoms with Crippen LogP contribution in [-0.4, -0.2) is 59.0 Å². The number of likely N-dealkylation sites (tertiary alicyclic amines) is 1. The van der Waals surface area contributed by atoms with Gasteiger partial charge in [0.05, 0.1) is 17.2 Å². The first-order valence-electron chi connectivity index (χ1n) is 9.54. The van der Waals surface area contributed by atoms with Gasteiger partial charge in [-0.25, -0.2) is 4.98 Å². The Hall–Kier alpha value is -2.65. The quantitative estimate of drug-likeness (QED) is 0.789. The molecular formula is C21H27N5O. The van der Waals surface area contributed by atoms with Crippen molar-refractivity contribution in [2.24, 2.45) is 0 Å². The molecule has 27 heavy (non-hydrogen) atoms. The minimum absolute atomic E-state index is 0.0417. The van der Waals surface area contributed by atoms with Gasteiger partial charge in [-0.3, -0.25) is 4.79 Å². The highest BCUT2D eigenvalue weighted by Gasteiger charge is 2.27. The number of hydrogen-bond acceptors (Lipinski definition) is 4. The van der Waals surface area contributed by atoms with Crippen LogP contribution in [0.4, 0.5) is 0 Å². The lowest BCUT2D eigenvalue weighted by molar-refractivity contribution is 0.0710. The van der Waals surface area contributed by atoms with Crippen molar-refractivity contribution in [1.82, 2.24) is 19.4 Å². The number of nitriles is 1. The van der Waals surface area contributed by atoms with Crippen LogP contribution >= 0.6 is 0 Å². The molecule has 0 unspecified atom stereocenters. The van der Waals surface area contributed by atoms with Crippen LogP contribution in [0.1, 0.15) is 46.9 Å². The van der Waals surface area contributed by atoms with E-state index in [2.05, 4.69) is 40.8 Å². The van der Waals surface area contributed by atoms with Gasteiger partial charge < -0.3 is 14.4 Å². The van der Waals surface area contributed by atoms with Crippen LogP contribution in [0.25, 0.3) is 0 Å². The molecule has 1 amide bonds. The van der Waals surface area contributed by atoms with Gasteiger partial charge >= 0.3 is 0 Å². The Balaban J connectivity index is 1.60. The molecule has 0 aliphatic carbocycles. The molecule has 2 heterocycles. The molecule has 0 N–H and O–H groups in total. The predicted molar refractivity (Wildman–Crippen MR) is 104 cm³/mol. The number of nitrogens with zero attached hydrogens (tertiary/aromatic N) is 5. The fourth-order valence-corrected chi connectivity index (χ4v) is 3.71. The van der Waals surface area contributed by atoms with E-state index >= 15 is 0 Å². The summed E-state index contributed by atoms with van der Waals surface area (Å²) in [5, 5.41) is 9.23. The van der Waals surface area contributed by atoms with Crippen molar-refractivity contribution in [1.29, 1.82) is 5.26 Å². The lowest BCUT2D eigenvalue weighted by atomic mass is 9.95. The van der Waals surface area contributed by atoms with Crippen molar-refractivity contribution in [3.63, 3.8) is 0 Å². The molecule has 1 aliphatic rings. The smallest absolute Gasteiger partial charge is 0.255 e. The molecule has 1 aliphatic heterocycles. The van der Waals surface area contributed by atoms with Crippen molar-refractivity contribution >= 4 is 5.91 Å². The van der Waals surface area contributed by atoms with E-state index in [0.717, 1.165) is 38.2 Å². The molecule has 0 bridgehead atoms. The minimum Gasteiger partial charge on any atom is -0.339 e. The summed E-state index contributed by atoms with van der Waals surface area (Å²) in [7, 11) is 4.18. The van der Waals surface area contributed by atoms with Gasteiger partial charge in [-0.05, 0) is 52.0 Å². The van der Waals surface area contributed by atoms with E-state index in [1.165, 1.54) is 0 Å². The zero-order valence-electron chi connectivity index (χ0n) is 16.1. The van der Waals surface area contributed by atoms with Crippen molar-refractivity contribution in [2.45, 2.75) is 31.7 Å². The second-order valence-electron chi connectivity index (χ2n) is 7.36. The molecular weight excluding hydrogens is 338 g/mol. The zero-order valence-corrected chi connectivity index (χ0v) is 16.1. The fourth-order valence-electron chi connectivity index (χ4n) is 3.71. The lowest BCUT2D eigenvalue weighted by Gasteiger charge is -2.32. The average molecular weight is 365 g/mol. The van der Waals surface area contributed by atoms with Gasteiger partial charge in [-0.2, -0.15) is 5.26 Å². The highest BCUT2D eigenvalue weighted by atomic mass is 16.2. The summed E-state index contributed by atoms with van der Waals surface area (Å²) in [6, 6.07) is 9.16. The molecule has 0 saturated carbocycles. The van der Waals surface area contributed by atoms with Gasteiger partial charge in [0.2, 0.25) is 0 Å². The molecule has 142 valence electrons. The van der Waals surface area contributed by atoms with Crippen molar-refractivity contribution in [2.75, 3.05) is 33.7 Å². The molecule has 1 aromatic carbocycles. The maximum absolute atomic E-state index is 12.8. The third-order valence-corrected chi connectivity index (χ3v) is 5.18. The first-order valence-corrected chi connectivity index (χ1v) is 9.54. The summed E-state index contributed by atoms with van der Waals surface area (Å²) in [6.07, 6.45) is 6.85. The Bertz CT molecular complexity index is 812. The molecule has 0 spiro atoms. The van der Waals surface area contributed by atoms with Crippen LogP contribution in [0.15, 0.2) is 36.7 Å². The SMILES string of the molecule is CN(C)CCCn1ccnc1C1CCN(C(=O)c2ccccc2C#N)CC1. The Kier molecular flexibility index (Phi) is 6.25. The second kappa shape index (κ2) is 8.83. The summed E-state index contributed by atoms with van der Waals surface area (Å²) >= 11 is 0. The molecule has 1 aromatic heterocycles. The second-order valence-corrected chi connectivity index (χ2v) is 7.36. The lowest BCUT2D eigenvalue weighted by Crippen LogP contribution is -2.38. The van der Waals surface area contributed by atoms with Crippen LogP contribution in [0.5, 0.6) is 0 Å². The number of amides is 1. The predicted octanol–water partition coefficient (Wildman–Crippen LogP) is 2.73. The number of rotatable bonds is 6. The van der Waals surface area contributed by atoms with Gasteiger partial charge in [0.1, 0.15) is 5.82 Å². The van der Waals surface area contributed by atoms with Gasteiger partial charge in [-0.1, -0.05) is 12.1 Å². The number of carbonyl (C=O) groups excluding carboxylic acids is 1. The number of benzene rings is 1. The average Bonchev–Trinajstić information content (AvgIpc) is 3.15. The van der Waals surface area contributed by atoms with Gasteiger partial charge in [-0.15, -0.1) is 0 Å². The molecule has 6 nitrogen and oxygen atoms in total. The summed E-state index contributed by atoms with van der Waals surface area (Å²) < 4.78 is 2.26. The molecule has 6 heteroatoms. The van der Waals surface area contributed by atoms with Crippen molar-refractivity contribution in [3.05, 3.63) is 53.6 Å². The largest absolute Gasteiger partial charge is 0.339 e. The maximum Gasteiger partial charge on any atom is 0.255 e. The van der Waals surface area contributed by atoms with Crippen molar-refractivity contribution in [3.8, 4) is 6.07 Å². The highest BCUT2D eigenvalue weighted by Crippen LogP contribution is 2.28. The molecule has 0 radical (unpaired) electrons. The standard InChI is InChI=1S/C21H27N5O/c1-24(2)11-5-12-25-15-10-23-20(25)17-8-13-26(14-9-17)21(27)19-7-4-3-6-18(19)16-22/h3-4,6-7,10,15,17H,5,8-9,11-14H2,1-2H3. The normalized spacial score (nSPS) is 15.1. The fraction of sp³-hybridized carbons (Fsp3) is 0.476. The first kappa shape index (κ1) is 19.1. The molecule has 1 fully saturated rings. The number of carbonyl (C=O) groups is 1. The van der Waals surface area contributed by atoms with E-state index in [4.69, 9.17) is 0 Å². The molecule has 1 saturated heterocycles. The van der Waals surface area contributed by atoms with Crippen LogP contribution < -0.4 is 0 Å². The monoisotopic (exact) mass is 365 g/mol. The molecule has 0 atom stereocenters. The number of aromatic nitrogens is 2. The van der Waals surface area contributed by atoms with Gasteiger partial charge in [0.15, 0.2) is 0 Å².